The Hall–Kier alpha value is -2.20. The average molecular weight is 579 g/mol. The quantitative estimate of drug-likeness (QED) is 0.463. The van der Waals surface area contributed by atoms with Crippen LogP contribution >= 0.6 is 34.8 Å². The fourth-order valence-corrected chi connectivity index (χ4v) is 4.73. The predicted octanol–water partition coefficient (Wildman–Crippen LogP) is 4.75. The van der Waals surface area contributed by atoms with E-state index in [9.17, 15) is 18.0 Å². The Morgan fingerprint density at radius 3 is 2.17 bits per heavy atom. The summed E-state index contributed by atoms with van der Waals surface area (Å²) >= 11 is 18.4. The van der Waals surface area contributed by atoms with Gasteiger partial charge in [-0.15, -0.1) is 0 Å². The highest BCUT2D eigenvalue weighted by molar-refractivity contribution is 7.92. The summed E-state index contributed by atoms with van der Waals surface area (Å²) in [6.07, 6.45) is 0.984. The van der Waals surface area contributed by atoms with Crippen molar-refractivity contribution in [2.75, 3.05) is 24.2 Å². The number of halogens is 3. The molecule has 8 nitrogen and oxygen atoms in total. The molecule has 0 radical (unpaired) electrons. The first-order chi connectivity index (χ1) is 16.5. The average Bonchev–Trinajstić information content (AvgIpc) is 2.75. The van der Waals surface area contributed by atoms with Crippen molar-refractivity contribution in [3.8, 4) is 5.75 Å². The molecule has 0 aliphatic rings. The third-order valence-electron chi connectivity index (χ3n) is 5.10. The highest BCUT2D eigenvalue weighted by Crippen LogP contribution is 2.30. The van der Waals surface area contributed by atoms with Crippen LogP contribution < -0.4 is 14.4 Å². The molecular formula is C24H30Cl3N3O5S. The third-order valence-corrected chi connectivity index (χ3v) is 7.28. The molecule has 2 rings (SSSR count). The zero-order valence-electron chi connectivity index (χ0n) is 20.9. The Labute approximate surface area is 227 Å². The van der Waals surface area contributed by atoms with Gasteiger partial charge in [0.25, 0.3) is 0 Å². The van der Waals surface area contributed by atoms with Crippen LogP contribution in [0.1, 0.15) is 33.3 Å². The fourth-order valence-electron chi connectivity index (χ4n) is 3.32. The summed E-state index contributed by atoms with van der Waals surface area (Å²) in [4.78, 5) is 27.8. The van der Waals surface area contributed by atoms with E-state index in [-0.39, 0.29) is 17.3 Å². The van der Waals surface area contributed by atoms with Crippen molar-refractivity contribution in [1.29, 1.82) is 0 Å². The number of rotatable bonds is 9. The molecule has 0 aliphatic heterocycles. The number of hydrogen-bond acceptors (Lipinski definition) is 5. The summed E-state index contributed by atoms with van der Waals surface area (Å²) in [5, 5.41) is 3.67. The lowest BCUT2D eigenvalue weighted by Gasteiger charge is -2.33. The number of sulfonamides is 1. The Balaban J connectivity index is 2.46. The molecule has 0 saturated heterocycles. The Morgan fingerprint density at radius 1 is 1.03 bits per heavy atom. The molecule has 1 atom stereocenters. The van der Waals surface area contributed by atoms with Crippen molar-refractivity contribution >= 4 is 62.3 Å². The summed E-state index contributed by atoms with van der Waals surface area (Å²) in [6.45, 7) is 6.47. The fraction of sp³-hybridized carbons (Fsp3) is 0.417. The lowest BCUT2D eigenvalue weighted by Crippen LogP contribution is -2.54. The van der Waals surface area contributed by atoms with Crippen molar-refractivity contribution < 1.29 is 22.7 Å². The van der Waals surface area contributed by atoms with Gasteiger partial charge in [0.2, 0.25) is 21.8 Å². The summed E-state index contributed by atoms with van der Waals surface area (Å²) in [5.41, 5.74) is 0.256. The SMILES string of the molecule is COc1ccc(N(CC(=O)N(Cc2ccc(Cl)c(Cl)c2)[C@H](C)C(=O)NC(C)(C)C)S(C)(=O)=O)cc1Cl. The monoisotopic (exact) mass is 577 g/mol. The number of amides is 2. The van der Waals surface area contributed by atoms with Crippen LogP contribution in [-0.2, 0) is 26.2 Å². The molecule has 0 bridgehead atoms. The number of nitrogens with zero attached hydrogens (tertiary/aromatic N) is 2. The minimum absolute atomic E-state index is 0.00454. The molecule has 0 spiro atoms. The van der Waals surface area contributed by atoms with Crippen molar-refractivity contribution in [1.82, 2.24) is 10.2 Å². The summed E-state index contributed by atoms with van der Waals surface area (Å²) < 4.78 is 31.4. The molecule has 12 heteroatoms. The van der Waals surface area contributed by atoms with E-state index in [1.54, 1.807) is 25.1 Å². The molecule has 0 heterocycles. The van der Waals surface area contributed by atoms with E-state index < -0.39 is 40.0 Å². The first-order valence-electron chi connectivity index (χ1n) is 10.9. The van der Waals surface area contributed by atoms with Gasteiger partial charge >= 0.3 is 0 Å². The molecule has 198 valence electrons. The largest absolute Gasteiger partial charge is 0.495 e. The van der Waals surface area contributed by atoms with Crippen molar-refractivity contribution in [2.45, 2.75) is 45.8 Å². The van der Waals surface area contributed by atoms with Crippen LogP contribution in [0.3, 0.4) is 0 Å². The number of benzene rings is 2. The number of methoxy groups -OCH3 is 1. The Kier molecular flexibility index (Phi) is 9.92. The predicted molar refractivity (Wildman–Crippen MR) is 145 cm³/mol. The highest BCUT2D eigenvalue weighted by atomic mass is 35.5. The first-order valence-corrected chi connectivity index (χ1v) is 13.9. The molecule has 2 aromatic rings. The van der Waals surface area contributed by atoms with Crippen LogP contribution in [-0.4, -0.2) is 56.6 Å². The summed E-state index contributed by atoms with van der Waals surface area (Å²) in [5.74, 6) is -0.641. The molecule has 0 unspecified atom stereocenters. The molecule has 0 aromatic heterocycles. The maximum Gasteiger partial charge on any atom is 0.244 e. The standard InChI is InChI=1S/C24H30Cl3N3O5S/c1-15(23(32)28-24(2,3)4)29(13-16-7-9-18(25)19(26)11-16)22(31)14-30(36(6,33)34)17-8-10-21(35-5)20(27)12-17/h7-12,15H,13-14H2,1-6H3,(H,28,32)/t15-/m1/s1. The number of anilines is 1. The van der Waals surface area contributed by atoms with Crippen LogP contribution in [0, 0.1) is 0 Å². The highest BCUT2D eigenvalue weighted by Gasteiger charge is 2.31. The van der Waals surface area contributed by atoms with Gasteiger partial charge < -0.3 is 15.0 Å². The molecule has 2 aromatic carbocycles. The van der Waals surface area contributed by atoms with Gasteiger partial charge in [0, 0.05) is 12.1 Å². The van der Waals surface area contributed by atoms with Crippen LogP contribution in [0.2, 0.25) is 15.1 Å². The van der Waals surface area contributed by atoms with Gasteiger partial charge in [-0.1, -0.05) is 40.9 Å². The summed E-state index contributed by atoms with van der Waals surface area (Å²) in [7, 11) is -2.46. The van der Waals surface area contributed by atoms with Gasteiger partial charge in [-0.2, -0.15) is 0 Å². The van der Waals surface area contributed by atoms with E-state index in [1.165, 1.54) is 30.2 Å². The normalized spacial score (nSPS) is 12.6. The van der Waals surface area contributed by atoms with Crippen LogP contribution in [0.5, 0.6) is 5.75 Å². The Morgan fingerprint density at radius 2 is 1.67 bits per heavy atom. The van der Waals surface area contributed by atoms with Crippen LogP contribution in [0.4, 0.5) is 5.69 Å². The van der Waals surface area contributed by atoms with E-state index in [0.29, 0.717) is 21.4 Å². The second-order valence-corrected chi connectivity index (χ2v) is 12.4. The van der Waals surface area contributed by atoms with Crippen LogP contribution in [0.25, 0.3) is 0 Å². The van der Waals surface area contributed by atoms with Crippen molar-refractivity contribution in [3.63, 3.8) is 0 Å². The number of hydrogen-bond donors (Lipinski definition) is 1. The number of carbonyl (C=O) groups is 2. The molecule has 36 heavy (non-hydrogen) atoms. The lowest BCUT2D eigenvalue weighted by atomic mass is 10.1. The van der Waals surface area contributed by atoms with E-state index in [0.717, 1.165) is 10.6 Å². The van der Waals surface area contributed by atoms with Gasteiger partial charge in [-0.3, -0.25) is 13.9 Å². The number of ether oxygens (including phenoxy) is 1. The number of nitrogens with one attached hydrogen (secondary N) is 1. The Bertz CT molecular complexity index is 1230. The second-order valence-electron chi connectivity index (χ2n) is 9.27. The molecule has 2 amide bonds. The van der Waals surface area contributed by atoms with Gasteiger partial charge in [0.05, 0.1) is 34.1 Å². The first kappa shape index (κ1) is 30.0. The van der Waals surface area contributed by atoms with Gasteiger partial charge in [-0.25, -0.2) is 8.42 Å². The minimum atomic E-state index is -3.90. The molecule has 0 aliphatic carbocycles. The topological polar surface area (TPSA) is 96.0 Å². The second kappa shape index (κ2) is 11.9. The smallest absolute Gasteiger partial charge is 0.244 e. The van der Waals surface area contributed by atoms with Crippen molar-refractivity contribution in [3.05, 3.63) is 57.0 Å². The minimum Gasteiger partial charge on any atom is -0.495 e. The maximum atomic E-state index is 13.6. The molecule has 0 saturated carbocycles. The molecular weight excluding hydrogens is 549 g/mol. The zero-order valence-corrected chi connectivity index (χ0v) is 24.0. The molecule has 1 N–H and O–H groups in total. The lowest BCUT2D eigenvalue weighted by molar-refractivity contribution is -0.140. The van der Waals surface area contributed by atoms with E-state index in [4.69, 9.17) is 39.5 Å². The van der Waals surface area contributed by atoms with Crippen LogP contribution in [0.15, 0.2) is 36.4 Å². The molecule has 0 fully saturated rings. The van der Waals surface area contributed by atoms with E-state index in [1.807, 2.05) is 20.8 Å². The van der Waals surface area contributed by atoms with Gasteiger partial charge in [0.1, 0.15) is 18.3 Å². The van der Waals surface area contributed by atoms with E-state index in [2.05, 4.69) is 5.32 Å². The zero-order chi connectivity index (χ0) is 27.4. The number of carbonyl (C=O) groups excluding carboxylic acids is 2. The maximum absolute atomic E-state index is 13.6. The summed E-state index contributed by atoms with van der Waals surface area (Å²) in [6, 6.07) is 8.33. The third kappa shape index (κ3) is 8.16. The van der Waals surface area contributed by atoms with E-state index >= 15 is 0 Å². The van der Waals surface area contributed by atoms with Gasteiger partial charge in [0.15, 0.2) is 0 Å². The van der Waals surface area contributed by atoms with Crippen molar-refractivity contribution in [2.24, 2.45) is 0 Å². The van der Waals surface area contributed by atoms with Gasteiger partial charge in [-0.05, 0) is 63.6 Å².